The Balaban J connectivity index is 0.00000274. The molecule has 1 saturated heterocycles. The van der Waals surface area contributed by atoms with Gasteiger partial charge in [0.25, 0.3) is 0 Å². The molecule has 2 atom stereocenters. The molecule has 1 aliphatic carbocycles. The number of fused-ring (bicyclic) bond motifs is 1. The van der Waals surface area contributed by atoms with Crippen LogP contribution in [-0.2, 0) is 12.5 Å². The van der Waals surface area contributed by atoms with Gasteiger partial charge >= 0.3 is 0 Å². The second-order valence-corrected chi connectivity index (χ2v) is 10.2. The Hall–Kier alpha value is -2.36. The number of Topliss-reactive ketones (excluding diaryl/α,β-unsaturated/α-hetero) is 1. The van der Waals surface area contributed by atoms with Crippen LogP contribution in [0.1, 0.15) is 41.4 Å². The van der Waals surface area contributed by atoms with Crippen molar-refractivity contribution in [2.24, 2.45) is 13.0 Å². The number of carbonyl (C=O) groups excluding carboxylic acids is 1. The number of hydrogen-bond donors (Lipinski definition) is 0. The Morgan fingerprint density at radius 2 is 2.18 bits per heavy atom. The van der Waals surface area contributed by atoms with Gasteiger partial charge in [-0.15, -0.1) is 22.6 Å². The van der Waals surface area contributed by atoms with E-state index in [1.807, 2.05) is 24.6 Å². The minimum absolute atomic E-state index is 0. The summed E-state index contributed by atoms with van der Waals surface area (Å²) >= 11 is 1.72. The first-order chi connectivity index (χ1) is 15.9. The zero-order chi connectivity index (χ0) is 23.2. The van der Waals surface area contributed by atoms with E-state index in [0.717, 1.165) is 42.7 Å². The van der Waals surface area contributed by atoms with Gasteiger partial charge in [0.1, 0.15) is 5.75 Å². The van der Waals surface area contributed by atoms with E-state index in [2.05, 4.69) is 32.2 Å². The van der Waals surface area contributed by atoms with Crippen molar-refractivity contribution >= 4 is 30.0 Å². The van der Waals surface area contributed by atoms with Gasteiger partial charge in [-0.1, -0.05) is 17.8 Å². The number of halogens is 1. The molecule has 3 heterocycles. The van der Waals surface area contributed by atoms with Gasteiger partial charge in [-0.2, -0.15) is 0 Å². The number of likely N-dealkylation sites (tertiary alicyclic amines) is 1. The molecule has 2 fully saturated rings. The summed E-state index contributed by atoms with van der Waals surface area (Å²) in [7, 11) is 3.58. The first-order valence-corrected chi connectivity index (χ1v) is 12.3. The van der Waals surface area contributed by atoms with Gasteiger partial charge in [-0.05, 0) is 56.8 Å². The molecule has 0 bridgehead atoms. The summed E-state index contributed by atoms with van der Waals surface area (Å²) in [5.41, 5.74) is 2.99. The highest BCUT2D eigenvalue weighted by atomic mass is 35.5. The lowest BCUT2D eigenvalue weighted by atomic mass is 9.92. The molecule has 8 nitrogen and oxygen atoms in total. The molecule has 2 aromatic heterocycles. The van der Waals surface area contributed by atoms with Crippen LogP contribution in [0.5, 0.6) is 5.75 Å². The third-order valence-corrected chi connectivity index (χ3v) is 8.11. The molecule has 182 valence electrons. The van der Waals surface area contributed by atoms with E-state index in [1.54, 1.807) is 25.8 Å². The van der Waals surface area contributed by atoms with E-state index in [9.17, 15) is 4.79 Å². The predicted molar refractivity (Wildman–Crippen MR) is 133 cm³/mol. The normalized spacial score (nSPS) is 21.2. The predicted octanol–water partition coefficient (Wildman–Crippen LogP) is 4.17. The number of aryl methyl sites for hydroxylation is 1. The van der Waals surface area contributed by atoms with Crippen LogP contribution in [0.15, 0.2) is 34.2 Å². The Kier molecular flexibility index (Phi) is 7.07. The fraction of sp³-hybridized carbons (Fsp3) is 0.500. The summed E-state index contributed by atoms with van der Waals surface area (Å²) in [5.74, 6) is 3.76. The standard InChI is InChI=1S/C24H29N5O3S.ClH/c1-15-21(32-14-25-15)22-26-27-23(28(22)3)33-9-5-8-29-12-18-11-24(18,13-29)17-6-7-20(31-4)19(10-17)16(2)30;/h6-7,10,14,18H,5,8-9,11-13H2,1-4H3;1H/t18-,24+;/m1./s1. The number of ether oxygens (including phenoxy) is 1. The van der Waals surface area contributed by atoms with Gasteiger partial charge in [0.2, 0.25) is 5.82 Å². The first-order valence-electron chi connectivity index (χ1n) is 11.3. The van der Waals surface area contributed by atoms with Crippen molar-refractivity contribution in [3.8, 4) is 17.3 Å². The minimum Gasteiger partial charge on any atom is -0.496 e. The smallest absolute Gasteiger partial charge is 0.202 e. The molecular weight excluding hydrogens is 474 g/mol. The molecule has 5 rings (SSSR count). The molecule has 0 N–H and O–H groups in total. The molecule has 1 saturated carbocycles. The summed E-state index contributed by atoms with van der Waals surface area (Å²) < 4.78 is 12.8. The molecule has 0 unspecified atom stereocenters. The fourth-order valence-corrected chi connectivity index (χ4v) is 5.94. The number of piperidine rings is 1. The molecular formula is C24H30ClN5O3S. The molecule has 3 aromatic rings. The summed E-state index contributed by atoms with van der Waals surface area (Å²) in [6.45, 7) is 6.76. The molecule has 1 aliphatic heterocycles. The number of benzene rings is 1. The highest BCUT2D eigenvalue weighted by Gasteiger charge is 2.60. The molecule has 34 heavy (non-hydrogen) atoms. The minimum atomic E-state index is 0. The lowest BCUT2D eigenvalue weighted by Crippen LogP contribution is -2.28. The lowest BCUT2D eigenvalue weighted by Gasteiger charge is -2.21. The second kappa shape index (κ2) is 9.71. The maximum Gasteiger partial charge on any atom is 0.202 e. The topological polar surface area (TPSA) is 86.3 Å². The first kappa shape index (κ1) is 24.8. The number of ketones is 1. The molecule has 0 radical (unpaired) electrons. The number of thioether (sulfide) groups is 1. The van der Waals surface area contributed by atoms with Crippen LogP contribution in [-0.4, -0.2) is 62.9 Å². The lowest BCUT2D eigenvalue weighted by molar-refractivity contribution is 0.101. The molecule has 2 aliphatic rings. The average molecular weight is 504 g/mol. The van der Waals surface area contributed by atoms with E-state index in [4.69, 9.17) is 9.15 Å². The molecule has 0 amide bonds. The zero-order valence-corrected chi connectivity index (χ0v) is 21.5. The van der Waals surface area contributed by atoms with Gasteiger partial charge in [-0.3, -0.25) is 4.79 Å². The Morgan fingerprint density at radius 3 is 2.88 bits per heavy atom. The van der Waals surface area contributed by atoms with Crippen molar-refractivity contribution in [2.45, 2.75) is 37.3 Å². The Bertz CT molecular complexity index is 1200. The highest BCUT2D eigenvalue weighted by Crippen LogP contribution is 2.59. The highest BCUT2D eigenvalue weighted by molar-refractivity contribution is 7.99. The number of oxazole rings is 1. The van der Waals surface area contributed by atoms with Gasteiger partial charge < -0.3 is 18.6 Å². The third-order valence-electron chi connectivity index (χ3n) is 7.00. The maximum absolute atomic E-state index is 12.1. The van der Waals surface area contributed by atoms with Crippen LogP contribution in [0, 0.1) is 12.8 Å². The van der Waals surface area contributed by atoms with Gasteiger partial charge in [0.05, 0.1) is 18.4 Å². The van der Waals surface area contributed by atoms with Crippen LogP contribution in [0.4, 0.5) is 0 Å². The van der Waals surface area contributed by atoms with Gasteiger partial charge in [-0.25, -0.2) is 4.98 Å². The maximum atomic E-state index is 12.1. The van der Waals surface area contributed by atoms with Crippen molar-refractivity contribution in [1.29, 1.82) is 0 Å². The number of nitrogens with zero attached hydrogens (tertiary/aromatic N) is 5. The molecule has 0 spiro atoms. The van der Waals surface area contributed by atoms with Gasteiger partial charge in [0.15, 0.2) is 23.1 Å². The van der Waals surface area contributed by atoms with Crippen molar-refractivity contribution in [3.63, 3.8) is 0 Å². The fourth-order valence-electron chi connectivity index (χ4n) is 5.10. The number of hydrogen-bond acceptors (Lipinski definition) is 8. The van der Waals surface area contributed by atoms with E-state index in [-0.39, 0.29) is 23.6 Å². The van der Waals surface area contributed by atoms with Crippen LogP contribution >= 0.6 is 24.2 Å². The van der Waals surface area contributed by atoms with Crippen LogP contribution in [0.3, 0.4) is 0 Å². The SMILES string of the molecule is COc1ccc([C@@]23C[C@@H]2CN(CCCSc2nnc(-c4ocnc4C)n2C)C3)cc1C(C)=O.Cl. The van der Waals surface area contributed by atoms with Crippen LogP contribution in [0.2, 0.25) is 0 Å². The molecule has 10 heteroatoms. The number of carbonyl (C=O) groups is 1. The number of methoxy groups -OCH3 is 1. The summed E-state index contributed by atoms with van der Waals surface area (Å²) in [4.78, 5) is 18.8. The van der Waals surface area contributed by atoms with Crippen LogP contribution in [0.25, 0.3) is 11.6 Å². The third kappa shape index (κ3) is 4.36. The van der Waals surface area contributed by atoms with Crippen LogP contribution < -0.4 is 4.74 Å². The Labute approximate surface area is 209 Å². The summed E-state index contributed by atoms with van der Waals surface area (Å²) in [6.07, 6.45) is 3.73. The number of aromatic nitrogens is 4. The monoisotopic (exact) mass is 503 g/mol. The van der Waals surface area contributed by atoms with E-state index < -0.39 is 0 Å². The van der Waals surface area contributed by atoms with Crippen molar-refractivity contribution in [1.82, 2.24) is 24.6 Å². The largest absolute Gasteiger partial charge is 0.496 e. The Morgan fingerprint density at radius 1 is 1.35 bits per heavy atom. The molecule has 1 aromatic carbocycles. The quantitative estimate of drug-likeness (QED) is 0.244. The summed E-state index contributed by atoms with van der Waals surface area (Å²) in [6, 6.07) is 6.15. The van der Waals surface area contributed by atoms with Crippen molar-refractivity contribution < 1.29 is 13.9 Å². The number of rotatable bonds is 9. The van der Waals surface area contributed by atoms with Crippen molar-refractivity contribution in [3.05, 3.63) is 41.4 Å². The average Bonchev–Trinajstić information content (AvgIpc) is 3.10. The van der Waals surface area contributed by atoms with E-state index in [0.29, 0.717) is 28.8 Å². The van der Waals surface area contributed by atoms with E-state index >= 15 is 0 Å². The summed E-state index contributed by atoms with van der Waals surface area (Å²) in [5, 5.41) is 9.49. The van der Waals surface area contributed by atoms with E-state index in [1.165, 1.54) is 18.4 Å². The van der Waals surface area contributed by atoms with Crippen molar-refractivity contribution in [2.75, 3.05) is 32.5 Å². The second-order valence-electron chi connectivity index (χ2n) is 9.10. The van der Waals surface area contributed by atoms with Gasteiger partial charge in [0, 0.05) is 31.3 Å². The zero-order valence-electron chi connectivity index (χ0n) is 19.9.